The smallest absolute Gasteiger partial charge is 0.255 e. The Bertz CT molecular complexity index is 842. The lowest BCUT2D eigenvalue weighted by molar-refractivity contribution is -0.136. The number of rotatable bonds is 4. The fourth-order valence-corrected chi connectivity index (χ4v) is 5.43. The Hall–Kier alpha value is -2.25. The molecule has 3 unspecified atom stereocenters. The van der Waals surface area contributed by atoms with Crippen LogP contribution in [0.25, 0.3) is 0 Å². The van der Waals surface area contributed by atoms with Gasteiger partial charge in [0.15, 0.2) is 0 Å². The van der Waals surface area contributed by atoms with E-state index >= 15 is 0 Å². The molecule has 29 heavy (non-hydrogen) atoms. The minimum atomic E-state index is -0.552. The number of fused-ring (bicyclic) bond motifs is 3. The number of imide groups is 1. The average molecular weight is 396 g/mol. The summed E-state index contributed by atoms with van der Waals surface area (Å²) in [4.78, 5) is 38.0. The molecule has 154 valence electrons. The molecule has 0 aliphatic carbocycles. The van der Waals surface area contributed by atoms with E-state index in [1.54, 1.807) is 4.90 Å². The normalized spacial score (nSPS) is 31.6. The Morgan fingerprint density at radius 1 is 1.07 bits per heavy atom. The van der Waals surface area contributed by atoms with E-state index in [1.165, 1.54) is 37.7 Å². The van der Waals surface area contributed by atoms with Crippen molar-refractivity contribution in [2.45, 2.75) is 82.2 Å². The Balaban J connectivity index is 1.23. The van der Waals surface area contributed by atoms with Crippen molar-refractivity contribution in [2.24, 2.45) is 0 Å². The fourth-order valence-electron chi connectivity index (χ4n) is 5.43. The van der Waals surface area contributed by atoms with Gasteiger partial charge >= 0.3 is 0 Å². The molecule has 3 amide bonds. The van der Waals surface area contributed by atoms with E-state index in [1.807, 2.05) is 12.1 Å². The van der Waals surface area contributed by atoms with Crippen LogP contribution in [0.2, 0.25) is 0 Å². The third-order valence-electron chi connectivity index (χ3n) is 6.90. The largest absolute Gasteiger partial charge is 0.322 e. The van der Waals surface area contributed by atoms with Gasteiger partial charge in [0.25, 0.3) is 5.91 Å². The molecule has 5 rings (SSSR count). The predicted molar refractivity (Wildman–Crippen MR) is 107 cm³/mol. The maximum atomic E-state index is 12.8. The maximum Gasteiger partial charge on any atom is 0.255 e. The van der Waals surface area contributed by atoms with Crippen molar-refractivity contribution < 1.29 is 14.4 Å². The van der Waals surface area contributed by atoms with E-state index < -0.39 is 6.04 Å². The van der Waals surface area contributed by atoms with Crippen LogP contribution in [-0.4, -0.2) is 46.8 Å². The van der Waals surface area contributed by atoms with Crippen LogP contribution in [-0.2, 0) is 22.7 Å². The molecule has 0 spiro atoms. The van der Waals surface area contributed by atoms with E-state index in [-0.39, 0.29) is 24.1 Å². The van der Waals surface area contributed by atoms with Crippen LogP contribution in [0.5, 0.6) is 0 Å². The first-order valence-corrected chi connectivity index (χ1v) is 10.8. The summed E-state index contributed by atoms with van der Waals surface area (Å²) < 4.78 is 0. The molecule has 2 bridgehead atoms. The Morgan fingerprint density at radius 2 is 1.86 bits per heavy atom. The summed E-state index contributed by atoms with van der Waals surface area (Å²) in [5.74, 6) is -0.730. The van der Waals surface area contributed by atoms with Crippen LogP contribution < -0.4 is 16.0 Å². The summed E-state index contributed by atoms with van der Waals surface area (Å²) in [6, 6.07) is 7.29. The lowest BCUT2D eigenvalue weighted by Gasteiger charge is -2.40. The maximum absolute atomic E-state index is 12.8. The number of carbonyl (C=O) groups is 3. The molecular formula is C22H28N4O3. The molecule has 3 saturated heterocycles. The number of hydrogen-bond donors (Lipinski definition) is 3. The number of nitrogens with one attached hydrogen (secondary N) is 3. The van der Waals surface area contributed by atoms with Crippen molar-refractivity contribution in [3.05, 3.63) is 34.9 Å². The third-order valence-corrected chi connectivity index (χ3v) is 6.90. The summed E-state index contributed by atoms with van der Waals surface area (Å²) >= 11 is 0. The number of nitrogens with zero attached hydrogens (tertiary/aromatic N) is 1. The number of benzene rings is 1. The molecule has 4 heterocycles. The minimum absolute atomic E-state index is 0.111. The van der Waals surface area contributed by atoms with E-state index in [4.69, 9.17) is 0 Å². The standard InChI is InChI=1S/C22H28N4O3/c27-20-7-6-19(21(28)25-20)26-12-14-8-13(4-5-18(14)22(26)29)11-23-17-9-15-2-1-3-16(10-17)24-15/h4-5,8,15-17,19,23-24H,1-3,6-7,9-12H2,(H,25,27,28). The van der Waals surface area contributed by atoms with Crippen molar-refractivity contribution >= 4 is 17.7 Å². The molecule has 3 N–H and O–H groups in total. The van der Waals surface area contributed by atoms with Crippen molar-refractivity contribution in [1.29, 1.82) is 0 Å². The van der Waals surface area contributed by atoms with Gasteiger partial charge in [0.05, 0.1) is 0 Å². The highest BCUT2D eigenvalue weighted by Gasteiger charge is 2.39. The van der Waals surface area contributed by atoms with Gasteiger partial charge in [-0.05, 0) is 49.3 Å². The minimum Gasteiger partial charge on any atom is -0.322 e. The van der Waals surface area contributed by atoms with Crippen molar-refractivity contribution in [3.63, 3.8) is 0 Å². The molecule has 1 aromatic rings. The molecule has 3 atom stereocenters. The molecule has 0 saturated carbocycles. The SMILES string of the molecule is O=C1CCC(N2Cc3cc(CNC4CC5CCCC(C4)N5)ccc3C2=O)C(=O)N1. The van der Waals surface area contributed by atoms with Gasteiger partial charge in [0, 0.05) is 43.2 Å². The summed E-state index contributed by atoms with van der Waals surface area (Å²) in [6.45, 7) is 1.23. The van der Waals surface area contributed by atoms with E-state index in [2.05, 4.69) is 22.0 Å². The van der Waals surface area contributed by atoms with E-state index in [0.29, 0.717) is 36.7 Å². The second-order valence-electron chi connectivity index (χ2n) is 8.93. The lowest BCUT2D eigenvalue weighted by atomic mass is 9.84. The molecule has 0 aromatic heterocycles. The van der Waals surface area contributed by atoms with Gasteiger partial charge in [0.1, 0.15) is 6.04 Å². The second-order valence-corrected chi connectivity index (χ2v) is 8.93. The van der Waals surface area contributed by atoms with Gasteiger partial charge < -0.3 is 15.5 Å². The van der Waals surface area contributed by atoms with Gasteiger partial charge in [-0.1, -0.05) is 18.6 Å². The Kier molecular flexibility index (Phi) is 4.87. The quantitative estimate of drug-likeness (QED) is 0.666. The molecule has 0 radical (unpaired) electrons. The fraction of sp³-hybridized carbons (Fsp3) is 0.591. The van der Waals surface area contributed by atoms with E-state index in [9.17, 15) is 14.4 Å². The second kappa shape index (κ2) is 7.54. The summed E-state index contributed by atoms with van der Waals surface area (Å²) in [7, 11) is 0. The van der Waals surface area contributed by atoms with Gasteiger partial charge in [-0.25, -0.2) is 0 Å². The van der Waals surface area contributed by atoms with Crippen molar-refractivity contribution in [3.8, 4) is 0 Å². The van der Waals surface area contributed by atoms with Crippen LogP contribution in [0.15, 0.2) is 18.2 Å². The molecule has 4 aliphatic heterocycles. The van der Waals surface area contributed by atoms with Gasteiger partial charge in [-0.2, -0.15) is 0 Å². The lowest BCUT2D eigenvalue weighted by Crippen LogP contribution is -2.53. The first-order chi connectivity index (χ1) is 14.1. The Labute approximate surface area is 170 Å². The number of carbonyl (C=O) groups excluding carboxylic acids is 3. The first kappa shape index (κ1) is 18.8. The summed E-state index contributed by atoms with van der Waals surface area (Å²) in [5.41, 5.74) is 2.82. The third kappa shape index (κ3) is 3.69. The highest BCUT2D eigenvalue weighted by Crippen LogP contribution is 2.29. The van der Waals surface area contributed by atoms with Crippen LogP contribution in [0.4, 0.5) is 0 Å². The van der Waals surface area contributed by atoms with Gasteiger partial charge in [-0.15, -0.1) is 0 Å². The molecular weight excluding hydrogens is 368 g/mol. The molecule has 3 fully saturated rings. The topological polar surface area (TPSA) is 90.5 Å². The highest BCUT2D eigenvalue weighted by molar-refractivity contribution is 6.05. The average Bonchev–Trinajstić information content (AvgIpc) is 3.02. The van der Waals surface area contributed by atoms with Crippen LogP contribution in [0.3, 0.4) is 0 Å². The molecule has 7 heteroatoms. The molecule has 4 aliphatic rings. The van der Waals surface area contributed by atoms with Gasteiger partial charge in [-0.3, -0.25) is 19.7 Å². The number of hydrogen-bond acceptors (Lipinski definition) is 5. The Morgan fingerprint density at radius 3 is 2.62 bits per heavy atom. The zero-order valence-corrected chi connectivity index (χ0v) is 16.6. The summed E-state index contributed by atoms with van der Waals surface area (Å²) in [6.07, 6.45) is 6.96. The van der Waals surface area contributed by atoms with Crippen molar-refractivity contribution in [2.75, 3.05) is 0 Å². The van der Waals surface area contributed by atoms with Crippen molar-refractivity contribution in [1.82, 2.24) is 20.9 Å². The van der Waals surface area contributed by atoms with Crippen LogP contribution in [0.1, 0.15) is 66.4 Å². The first-order valence-electron chi connectivity index (χ1n) is 10.8. The zero-order valence-electron chi connectivity index (χ0n) is 16.6. The van der Waals surface area contributed by atoms with Crippen LogP contribution >= 0.6 is 0 Å². The monoisotopic (exact) mass is 396 g/mol. The van der Waals surface area contributed by atoms with Crippen LogP contribution in [0, 0.1) is 0 Å². The number of amides is 3. The zero-order chi connectivity index (χ0) is 20.0. The van der Waals surface area contributed by atoms with E-state index in [0.717, 1.165) is 12.1 Å². The predicted octanol–water partition coefficient (Wildman–Crippen LogP) is 1.21. The highest BCUT2D eigenvalue weighted by atomic mass is 16.2. The summed E-state index contributed by atoms with van der Waals surface area (Å²) in [5, 5.41) is 9.79. The molecule has 7 nitrogen and oxygen atoms in total. The number of piperidine rings is 3. The molecule has 1 aromatic carbocycles. The van der Waals surface area contributed by atoms with Gasteiger partial charge in [0.2, 0.25) is 11.8 Å².